The van der Waals surface area contributed by atoms with Gasteiger partial charge in [-0.3, -0.25) is 0 Å². The molecule has 0 N–H and O–H groups in total. The van der Waals surface area contributed by atoms with Crippen LogP contribution >= 0.6 is 45.7 Å². The molecule has 0 bridgehead atoms. The number of hydrogen-bond donors (Lipinski definition) is 0. The largest absolute Gasteiger partial charge is 0.370 e. The molecule has 0 spiro atoms. The number of aromatic nitrogens is 4. The van der Waals surface area contributed by atoms with Crippen molar-refractivity contribution in [1.29, 1.82) is 0 Å². The summed E-state index contributed by atoms with van der Waals surface area (Å²) in [5.41, 5.74) is 10.1. The van der Waals surface area contributed by atoms with Crippen LogP contribution in [0.25, 0.3) is 62.8 Å². The lowest BCUT2D eigenvalue weighted by Gasteiger charge is -2.14. The molecule has 5 heterocycles. The molecular weight excluding hydrogens is 631 g/mol. The smallest absolute Gasteiger partial charge is 0.116 e. The Morgan fingerprint density at radius 1 is 0.711 bits per heavy atom. The predicted octanol–water partition coefficient (Wildman–Crippen LogP) is 10.6. The zero-order valence-corrected chi connectivity index (χ0v) is 29.5. The molecule has 5 nitrogen and oxygen atoms in total. The highest BCUT2D eigenvalue weighted by Gasteiger charge is 2.25. The average Bonchev–Trinajstić information content (AvgIpc) is 3.83. The Kier molecular flexibility index (Phi) is 8.17. The Morgan fingerprint density at radius 2 is 1.31 bits per heavy atom. The van der Waals surface area contributed by atoms with E-state index in [1.807, 2.05) is 11.3 Å². The van der Waals surface area contributed by atoms with Gasteiger partial charge in [0.2, 0.25) is 0 Å². The molecule has 9 heteroatoms. The minimum absolute atomic E-state index is 0.589. The van der Waals surface area contributed by atoms with E-state index in [9.17, 15) is 0 Å². The molecule has 0 aliphatic heterocycles. The minimum atomic E-state index is 0.589. The maximum Gasteiger partial charge on any atom is 0.116 e. The van der Waals surface area contributed by atoms with E-state index >= 15 is 0 Å². The van der Waals surface area contributed by atoms with Crippen molar-refractivity contribution in [3.05, 3.63) is 65.5 Å². The quantitative estimate of drug-likeness (QED) is 0.159. The molecule has 0 aliphatic rings. The number of nitrogens with zero attached hydrogens (tertiary/aromatic N) is 5. The molecule has 45 heavy (non-hydrogen) atoms. The van der Waals surface area contributed by atoms with E-state index in [0.717, 1.165) is 79.2 Å². The number of hydrogen-bond acceptors (Lipinski definition) is 9. The van der Waals surface area contributed by atoms with Crippen LogP contribution in [-0.4, -0.2) is 32.8 Å². The number of thiophene rings is 3. The highest BCUT2D eigenvalue weighted by atomic mass is 32.1. The van der Waals surface area contributed by atoms with E-state index in [-0.39, 0.29) is 0 Å². The van der Waals surface area contributed by atoms with Gasteiger partial charge in [0.15, 0.2) is 0 Å². The van der Waals surface area contributed by atoms with Crippen LogP contribution in [0.3, 0.4) is 0 Å². The van der Waals surface area contributed by atoms with Gasteiger partial charge in [-0.1, -0.05) is 51.7 Å². The molecule has 5 aromatic heterocycles. The minimum Gasteiger partial charge on any atom is -0.370 e. The van der Waals surface area contributed by atoms with E-state index < -0.39 is 0 Å². The second kappa shape index (κ2) is 12.3. The van der Waals surface area contributed by atoms with Gasteiger partial charge in [0.1, 0.15) is 22.1 Å². The number of fused-ring (bicyclic) bond motifs is 3. The molecule has 0 aliphatic carbocycles. The lowest BCUT2D eigenvalue weighted by Crippen LogP contribution is -2.05. The number of aryl methyl sites for hydroxylation is 2. The highest BCUT2D eigenvalue weighted by Crippen LogP contribution is 2.48. The van der Waals surface area contributed by atoms with Gasteiger partial charge in [-0.25, -0.2) is 9.97 Å². The van der Waals surface area contributed by atoms with Crippen LogP contribution in [0, 0.1) is 17.8 Å². The Morgan fingerprint density at radius 3 is 1.89 bits per heavy atom. The molecule has 0 atom stereocenters. The fourth-order valence-corrected chi connectivity index (χ4v) is 9.49. The van der Waals surface area contributed by atoms with Crippen LogP contribution in [0.1, 0.15) is 51.1 Å². The Hall–Kier alpha value is -3.68. The van der Waals surface area contributed by atoms with E-state index in [1.54, 1.807) is 22.7 Å². The molecule has 2 aromatic carbocycles. The van der Waals surface area contributed by atoms with Crippen LogP contribution in [0.15, 0.2) is 48.5 Å². The van der Waals surface area contributed by atoms with Crippen molar-refractivity contribution in [2.75, 3.05) is 19.0 Å². The summed E-state index contributed by atoms with van der Waals surface area (Å²) in [6.45, 7) is 8.72. The molecule has 7 rings (SSSR count). The lowest BCUT2D eigenvalue weighted by molar-refractivity contribution is 0.676. The van der Waals surface area contributed by atoms with E-state index in [0.29, 0.717) is 5.92 Å². The van der Waals surface area contributed by atoms with Crippen molar-refractivity contribution >= 4 is 82.2 Å². The Balaban J connectivity index is 1.36. The Labute approximate surface area is 280 Å². The summed E-state index contributed by atoms with van der Waals surface area (Å²) in [4.78, 5) is 16.3. The van der Waals surface area contributed by atoms with Crippen LogP contribution in [0.5, 0.6) is 0 Å². The van der Waals surface area contributed by atoms with Crippen molar-refractivity contribution < 1.29 is 0 Å². The van der Waals surface area contributed by atoms with Crippen molar-refractivity contribution in [2.24, 2.45) is 5.92 Å². The van der Waals surface area contributed by atoms with Gasteiger partial charge in [0.25, 0.3) is 0 Å². The van der Waals surface area contributed by atoms with E-state index in [1.165, 1.54) is 36.6 Å². The fraction of sp³-hybridized carbons (Fsp3) is 0.278. The lowest BCUT2D eigenvalue weighted by atomic mass is 10.0. The number of anilines is 1. The number of benzene rings is 2. The average molecular weight is 664 g/mol. The summed E-state index contributed by atoms with van der Waals surface area (Å²) in [5.74, 6) is 7.18. The predicted molar refractivity (Wildman–Crippen MR) is 197 cm³/mol. The van der Waals surface area contributed by atoms with Crippen LogP contribution in [0.4, 0.5) is 5.00 Å². The summed E-state index contributed by atoms with van der Waals surface area (Å²) in [7, 11) is 4.15. The summed E-state index contributed by atoms with van der Waals surface area (Å²) < 4.78 is 12.3. The van der Waals surface area contributed by atoms with Gasteiger partial charge in [-0.2, -0.15) is 8.75 Å². The monoisotopic (exact) mass is 663 g/mol. The Bertz CT molecular complexity index is 2200. The molecule has 0 fully saturated rings. The molecule has 0 radical (unpaired) electrons. The van der Waals surface area contributed by atoms with E-state index in [4.69, 9.17) is 18.7 Å². The van der Waals surface area contributed by atoms with Crippen molar-refractivity contribution in [3.63, 3.8) is 0 Å². The fourth-order valence-electron chi connectivity index (χ4n) is 5.51. The molecule has 0 saturated heterocycles. The van der Waals surface area contributed by atoms with Crippen LogP contribution in [-0.2, 0) is 12.8 Å². The molecule has 0 amide bonds. The third-order valence-corrected chi connectivity index (χ3v) is 12.0. The molecule has 7 aromatic rings. The van der Waals surface area contributed by atoms with Gasteiger partial charge < -0.3 is 4.90 Å². The van der Waals surface area contributed by atoms with E-state index in [2.05, 4.69) is 107 Å². The summed E-state index contributed by atoms with van der Waals surface area (Å²) in [5, 5.41) is 1.19. The van der Waals surface area contributed by atoms with Crippen molar-refractivity contribution in [2.45, 2.75) is 47.0 Å². The first-order valence-corrected chi connectivity index (χ1v) is 18.4. The van der Waals surface area contributed by atoms with Gasteiger partial charge in [0.05, 0.1) is 28.1 Å². The first-order chi connectivity index (χ1) is 21.8. The van der Waals surface area contributed by atoms with Gasteiger partial charge in [0, 0.05) is 61.2 Å². The zero-order chi connectivity index (χ0) is 31.2. The summed E-state index contributed by atoms with van der Waals surface area (Å²) in [6, 6.07) is 17.6. The standard InChI is InChI=1S/C36H33N5S4/c1-7-23-24(8-2)38-34-32(36-35(39-45-40-36)31(33(34)37-23)25-16-17-30(44-25)41(5)6)29-19-28-27(43-29)18-26(42-28)22-14-12-21(13-15-22)11-9-10-20(3)4/h12-20H,7-8,10H2,1-6H3. The number of rotatable bonds is 7. The van der Waals surface area contributed by atoms with Crippen LogP contribution in [0.2, 0.25) is 0 Å². The van der Waals surface area contributed by atoms with Crippen LogP contribution < -0.4 is 4.90 Å². The first-order valence-electron chi connectivity index (χ1n) is 15.2. The molecular formula is C36H33N5S4. The van der Waals surface area contributed by atoms with Crippen molar-refractivity contribution in [1.82, 2.24) is 18.7 Å². The van der Waals surface area contributed by atoms with Crippen molar-refractivity contribution in [3.8, 4) is 43.2 Å². The maximum atomic E-state index is 5.32. The third kappa shape index (κ3) is 5.55. The second-order valence-electron chi connectivity index (χ2n) is 11.7. The summed E-state index contributed by atoms with van der Waals surface area (Å²) in [6.07, 6.45) is 2.59. The molecule has 0 unspecified atom stereocenters. The molecule has 226 valence electrons. The maximum absolute atomic E-state index is 5.32. The first kappa shape index (κ1) is 30.0. The zero-order valence-electron chi connectivity index (χ0n) is 26.2. The van der Waals surface area contributed by atoms with Gasteiger partial charge >= 0.3 is 0 Å². The SMILES string of the molecule is CCc1nc2c(-c3ccc(N(C)C)s3)c3nsnc3c(-c3cc4sc(-c5ccc(C#CCC(C)C)cc5)cc4s3)c2nc1CC. The summed E-state index contributed by atoms with van der Waals surface area (Å²) >= 11 is 6.65. The second-order valence-corrected chi connectivity index (χ2v) is 15.5. The third-order valence-electron chi connectivity index (χ3n) is 7.80. The highest BCUT2D eigenvalue weighted by molar-refractivity contribution is 7.31. The molecule has 0 saturated carbocycles. The van der Waals surface area contributed by atoms with Gasteiger partial charge in [-0.15, -0.1) is 34.0 Å². The normalized spacial score (nSPS) is 11.6. The topological polar surface area (TPSA) is 54.8 Å². The van der Waals surface area contributed by atoms with Gasteiger partial charge in [-0.05, 0) is 60.7 Å².